The van der Waals surface area contributed by atoms with E-state index < -0.39 is 6.10 Å². The molecule has 3 rings (SSSR count). The first-order valence-corrected chi connectivity index (χ1v) is 9.20. The molecule has 2 aromatic carbocycles. The molecule has 3 nitrogen and oxygen atoms in total. The van der Waals surface area contributed by atoms with Crippen molar-refractivity contribution in [2.75, 3.05) is 0 Å². The molecule has 2 aromatic rings. The normalized spacial score (nSPS) is 17.5. The molecule has 1 N–H and O–H groups in total. The Morgan fingerprint density at radius 2 is 2.00 bits per heavy atom. The second kappa shape index (κ2) is 7.73. The smallest absolute Gasteiger partial charge is 0.261 e. The van der Waals surface area contributed by atoms with E-state index in [9.17, 15) is 4.79 Å². The zero-order valence-corrected chi connectivity index (χ0v) is 15.3. The molecule has 2 unspecified atom stereocenters. The average molecular weight is 337 g/mol. The molecule has 0 spiro atoms. The minimum absolute atomic E-state index is 0.0255. The summed E-state index contributed by atoms with van der Waals surface area (Å²) in [6.07, 6.45) is 3.38. The van der Waals surface area contributed by atoms with Crippen molar-refractivity contribution >= 4 is 5.91 Å². The molecule has 1 amide bonds. The molecule has 1 aliphatic rings. The lowest BCUT2D eigenvalue weighted by atomic mass is 9.87. The van der Waals surface area contributed by atoms with Crippen LogP contribution in [-0.4, -0.2) is 12.0 Å². The molecular formula is C22H27NO2. The third-order valence-electron chi connectivity index (χ3n) is 5.11. The first-order valence-electron chi connectivity index (χ1n) is 9.20. The third-order valence-corrected chi connectivity index (χ3v) is 5.11. The van der Waals surface area contributed by atoms with Gasteiger partial charge in [0.15, 0.2) is 6.10 Å². The van der Waals surface area contributed by atoms with Gasteiger partial charge in [-0.1, -0.05) is 37.3 Å². The highest BCUT2D eigenvalue weighted by molar-refractivity contribution is 5.81. The maximum Gasteiger partial charge on any atom is 0.261 e. The van der Waals surface area contributed by atoms with Crippen molar-refractivity contribution in [2.24, 2.45) is 0 Å². The highest BCUT2D eigenvalue weighted by Gasteiger charge is 2.25. The van der Waals surface area contributed by atoms with E-state index in [2.05, 4.69) is 37.4 Å². The molecule has 25 heavy (non-hydrogen) atoms. The van der Waals surface area contributed by atoms with Crippen molar-refractivity contribution in [3.05, 3.63) is 64.7 Å². The van der Waals surface area contributed by atoms with Crippen LogP contribution in [0.4, 0.5) is 0 Å². The van der Waals surface area contributed by atoms with Crippen LogP contribution in [0.15, 0.2) is 42.5 Å². The van der Waals surface area contributed by atoms with Gasteiger partial charge in [0, 0.05) is 0 Å². The Hall–Kier alpha value is -2.29. The molecule has 0 aromatic heterocycles. The van der Waals surface area contributed by atoms with E-state index in [0.717, 1.165) is 25.0 Å². The Morgan fingerprint density at radius 1 is 1.20 bits per heavy atom. The monoisotopic (exact) mass is 337 g/mol. The minimum Gasteiger partial charge on any atom is -0.481 e. The van der Waals surface area contributed by atoms with E-state index in [4.69, 9.17) is 4.74 Å². The van der Waals surface area contributed by atoms with Crippen LogP contribution in [-0.2, 0) is 11.2 Å². The molecule has 0 saturated heterocycles. The first kappa shape index (κ1) is 17.5. The van der Waals surface area contributed by atoms with Crippen molar-refractivity contribution in [3.8, 4) is 5.75 Å². The molecule has 3 heteroatoms. The Morgan fingerprint density at radius 3 is 2.76 bits per heavy atom. The van der Waals surface area contributed by atoms with Gasteiger partial charge in [0.05, 0.1) is 6.04 Å². The zero-order chi connectivity index (χ0) is 17.8. The quantitative estimate of drug-likeness (QED) is 0.862. The second-order valence-electron chi connectivity index (χ2n) is 6.91. The molecule has 0 fully saturated rings. The van der Waals surface area contributed by atoms with E-state index in [1.54, 1.807) is 0 Å². The predicted molar refractivity (Wildman–Crippen MR) is 101 cm³/mol. The largest absolute Gasteiger partial charge is 0.481 e. The van der Waals surface area contributed by atoms with Crippen LogP contribution in [0.5, 0.6) is 5.75 Å². The number of fused-ring (bicyclic) bond motifs is 1. The molecular weight excluding hydrogens is 310 g/mol. The molecule has 0 aliphatic heterocycles. The number of rotatable bonds is 5. The summed E-state index contributed by atoms with van der Waals surface area (Å²) in [5.74, 6) is 0.733. The topological polar surface area (TPSA) is 38.3 Å². The van der Waals surface area contributed by atoms with Gasteiger partial charge in [0.1, 0.15) is 5.75 Å². The van der Waals surface area contributed by atoms with Crippen LogP contribution in [0.25, 0.3) is 0 Å². The Labute approximate surface area is 150 Å². The Bertz CT molecular complexity index is 753. The Balaban J connectivity index is 1.70. The second-order valence-corrected chi connectivity index (χ2v) is 6.91. The zero-order valence-electron chi connectivity index (χ0n) is 15.3. The van der Waals surface area contributed by atoms with Crippen molar-refractivity contribution < 1.29 is 9.53 Å². The van der Waals surface area contributed by atoms with E-state index in [0.29, 0.717) is 6.42 Å². The summed E-state index contributed by atoms with van der Waals surface area (Å²) in [4.78, 5) is 12.8. The number of carbonyl (C=O) groups excluding carboxylic acids is 1. The number of aryl methyl sites for hydroxylation is 3. The fourth-order valence-electron chi connectivity index (χ4n) is 3.44. The van der Waals surface area contributed by atoms with Crippen LogP contribution in [0.2, 0.25) is 0 Å². The van der Waals surface area contributed by atoms with Gasteiger partial charge in [0.2, 0.25) is 0 Å². The lowest BCUT2D eigenvalue weighted by molar-refractivity contribution is -0.129. The van der Waals surface area contributed by atoms with Crippen molar-refractivity contribution in [1.29, 1.82) is 0 Å². The van der Waals surface area contributed by atoms with Gasteiger partial charge in [-0.2, -0.15) is 0 Å². The summed E-state index contributed by atoms with van der Waals surface area (Å²) in [6.45, 7) is 6.12. The summed E-state index contributed by atoms with van der Waals surface area (Å²) >= 11 is 0. The predicted octanol–water partition coefficient (Wildman–Crippen LogP) is 4.65. The highest BCUT2D eigenvalue weighted by Crippen LogP contribution is 2.29. The maximum absolute atomic E-state index is 12.8. The van der Waals surface area contributed by atoms with Crippen molar-refractivity contribution in [1.82, 2.24) is 5.32 Å². The van der Waals surface area contributed by atoms with Gasteiger partial charge in [0.25, 0.3) is 5.91 Å². The third kappa shape index (κ3) is 4.04. The lowest BCUT2D eigenvalue weighted by Gasteiger charge is -2.28. The number of amides is 1. The minimum atomic E-state index is -0.462. The van der Waals surface area contributed by atoms with Crippen LogP contribution in [0.1, 0.15) is 54.5 Å². The van der Waals surface area contributed by atoms with Crippen LogP contribution < -0.4 is 10.1 Å². The molecule has 0 saturated carbocycles. The summed E-state index contributed by atoms with van der Waals surface area (Å²) in [5.41, 5.74) is 5.00. The first-order chi connectivity index (χ1) is 12.1. The molecule has 1 aliphatic carbocycles. The van der Waals surface area contributed by atoms with Crippen molar-refractivity contribution in [3.63, 3.8) is 0 Å². The van der Waals surface area contributed by atoms with Gasteiger partial charge in [-0.25, -0.2) is 0 Å². The number of ether oxygens (including phenoxy) is 1. The van der Waals surface area contributed by atoms with Gasteiger partial charge >= 0.3 is 0 Å². The summed E-state index contributed by atoms with van der Waals surface area (Å²) in [7, 11) is 0. The highest BCUT2D eigenvalue weighted by atomic mass is 16.5. The average Bonchev–Trinajstić information content (AvgIpc) is 2.63. The Kier molecular flexibility index (Phi) is 5.42. The fraction of sp³-hybridized carbons (Fsp3) is 0.409. The van der Waals surface area contributed by atoms with Gasteiger partial charge in [-0.15, -0.1) is 0 Å². The number of benzene rings is 2. The van der Waals surface area contributed by atoms with E-state index in [1.807, 2.05) is 31.2 Å². The van der Waals surface area contributed by atoms with Crippen LogP contribution in [0.3, 0.4) is 0 Å². The number of hydrogen-bond donors (Lipinski definition) is 1. The molecule has 0 bridgehead atoms. The van der Waals surface area contributed by atoms with Gasteiger partial charge in [-0.3, -0.25) is 4.79 Å². The van der Waals surface area contributed by atoms with Gasteiger partial charge in [-0.05, 0) is 73.9 Å². The van der Waals surface area contributed by atoms with E-state index in [-0.39, 0.29) is 11.9 Å². The number of hydrogen-bond acceptors (Lipinski definition) is 2. The number of nitrogens with one attached hydrogen (secondary N) is 1. The van der Waals surface area contributed by atoms with Crippen LogP contribution >= 0.6 is 0 Å². The van der Waals surface area contributed by atoms with E-state index >= 15 is 0 Å². The lowest BCUT2D eigenvalue weighted by Crippen LogP contribution is -2.41. The van der Waals surface area contributed by atoms with E-state index in [1.165, 1.54) is 22.3 Å². The molecule has 0 heterocycles. The molecule has 2 atom stereocenters. The summed E-state index contributed by atoms with van der Waals surface area (Å²) in [6, 6.07) is 14.5. The van der Waals surface area contributed by atoms with Crippen molar-refractivity contribution in [2.45, 2.75) is 58.6 Å². The SMILES string of the molecule is CCC(Oc1ccc(C)c(C)c1)C(=O)NC1CCCc2ccccc21. The maximum atomic E-state index is 12.8. The van der Waals surface area contributed by atoms with Gasteiger partial charge < -0.3 is 10.1 Å². The number of carbonyl (C=O) groups is 1. The molecule has 0 radical (unpaired) electrons. The fourth-order valence-corrected chi connectivity index (χ4v) is 3.44. The van der Waals surface area contributed by atoms with Crippen LogP contribution in [0, 0.1) is 13.8 Å². The summed E-state index contributed by atoms with van der Waals surface area (Å²) < 4.78 is 5.98. The summed E-state index contributed by atoms with van der Waals surface area (Å²) in [5, 5.41) is 3.21. The standard InChI is InChI=1S/C22H27NO2/c1-4-21(25-18-13-12-15(2)16(3)14-18)22(24)23-20-11-7-9-17-8-5-6-10-19(17)20/h5-6,8,10,12-14,20-21H,4,7,9,11H2,1-3H3,(H,23,24). The molecule has 132 valence electrons.